The smallest absolute Gasteiger partial charge is 0.0831 e. The molecule has 0 radical (unpaired) electrons. The molecule has 0 fully saturated rings. The molecule has 1 aromatic rings. The lowest BCUT2D eigenvalue weighted by atomic mass is 9.78. The van der Waals surface area contributed by atoms with Crippen molar-refractivity contribution in [2.45, 2.75) is 18.8 Å². The third-order valence-electron chi connectivity index (χ3n) is 2.78. The van der Waals surface area contributed by atoms with Crippen LogP contribution >= 0.6 is 15.9 Å². The molecule has 2 rings (SSSR count). The van der Waals surface area contributed by atoms with Crippen molar-refractivity contribution in [3.8, 4) is 6.07 Å². The predicted octanol–water partition coefficient (Wildman–Crippen LogP) is 3.05. The van der Waals surface area contributed by atoms with Crippen molar-refractivity contribution in [2.75, 3.05) is 11.9 Å². The summed E-state index contributed by atoms with van der Waals surface area (Å²) in [5.41, 5.74) is 1.83. The Bertz CT molecular complexity index is 408. The zero-order valence-corrected chi connectivity index (χ0v) is 9.56. The summed E-state index contributed by atoms with van der Waals surface area (Å²) in [5.74, 6) is 0. The lowest BCUT2D eigenvalue weighted by Crippen LogP contribution is -2.29. The number of rotatable bonds is 0. The quantitative estimate of drug-likeness (QED) is 0.769. The van der Waals surface area contributed by atoms with Crippen molar-refractivity contribution in [1.82, 2.24) is 0 Å². The number of hydrogen-bond acceptors (Lipinski definition) is 2. The van der Waals surface area contributed by atoms with Gasteiger partial charge in [0.2, 0.25) is 0 Å². The molecule has 72 valence electrons. The van der Waals surface area contributed by atoms with E-state index in [1.165, 1.54) is 0 Å². The van der Waals surface area contributed by atoms with Gasteiger partial charge < -0.3 is 5.32 Å². The van der Waals surface area contributed by atoms with E-state index in [0.29, 0.717) is 0 Å². The van der Waals surface area contributed by atoms with E-state index in [0.717, 1.165) is 28.7 Å². The molecule has 2 nitrogen and oxygen atoms in total. The Morgan fingerprint density at radius 1 is 1.57 bits per heavy atom. The second-order valence-corrected chi connectivity index (χ2v) is 4.64. The minimum atomic E-state index is -0.343. The minimum Gasteiger partial charge on any atom is -0.384 e. The van der Waals surface area contributed by atoms with Crippen LogP contribution in [-0.2, 0) is 5.41 Å². The Kier molecular flexibility index (Phi) is 2.24. The average Bonchev–Trinajstić information content (AvgIpc) is 2.20. The van der Waals surface area contributed by atoms with Crippen LogP contribution in [0.1, 0.15) is 18.9 Å². The van der Waals surface area contributed by atoms with Crippen molar-refractivity contribution in [3.05, 3.63) is 28.2 Å². The van der Waals surface area contributed by atoms with E-state index in [1.807, 2.05) is 25.1 Å². The third kappa shape index (κ3) is 1.31. The number of anilines is 1. The molecule has 3 heteroatoms. The Morgan fingerprint density at radius 2 is 2.36 bits per heavy atom. The SMILES string of the molecule is CC1(C#N)CCNc2c(Br)cccc21. The average molecular weight is 251 g/mol. The number of nitrogens with zero attached hydrogens (tertiary/aromatic N) is 1. The fourth-order valence-corrected chi connectivity index (χ4v) is 2.36. The zero-order valence-electron chi connectivity index (χ0n) is 7.97. The Labute approximate surface area is 92.1 Å². The predicted molar refractivity (Wildman–Crippen MR) is 60.2 cm³/mol. The van der Waals surface area contributed by atoms with E-state index < -0.39 is 0 Å². The van der Waals surface area contributed by atoms with Gasteiger partial charge in [-0.25, -0.2) is 0 Å². The van der Waals surface area contributed by atoms with E-state index in [-0.39, 0.29) is 5.41 Å². The Hall–Kier alpha value is -1.01. The number of halogens is 1. The van der Waals surface area contributed by atoms with Crippen molar-refractivity contribution in [2.24, 2.45) is 0 Å². The molecule has 0 amide bonds. The summed E-state index contributed by atoms with van der Waals surface area (Å²) in [4.78, 5) is 0. The Balaban J connectivity index is 2.62. The highest BCUT2D eigenvalue weighted by Gasteiger charge is 2.32. The topological polar surface area (TPSA) is 35.8 Å². The van der Waals surface area contributed by atoms with Crippen LogP contribution in [0, 0.1) is 11.3 Å². The van der Waals surface area contributed by atoms with Gasteiger partial charge in [-0.2, -0.15) is 5.26 Å². The molecule has 0 bridgehead atoms. The van der Waals surface area contributed by atoms with Crippen LogP contribution in [0.5, 0.6) is 0 Å². The Morgan fingerprint density at radius 3 is 3.07 bits per heavy atom. The zero-order chi connectivity index (χ0) is 10.2. The second kappa shape index (κ2) is 3.29. The fourth-order valence-electron chi connectivity index (χ4n) is 1.85. The maximum absolute atomic E-state index is 9.19. The first kappa shape index (κ1) is 9.54. The van der Waals surface area contributed by atoms with Gasteiger partial charge >= 0.3 is 0 Å². The lowest BCUT2D eigenvalue weighted by molar-refractivity contribution is 0.555. The molecule has 1 heterocycles. The van der Waals surface area contributed by atoms with Crippen LogP contribution < -0.4 is 5.32 Å². The number of nitrogens with one attached hydrogen (secondary N) is 1. The molecule has 1 aromatic carbocycles. The lowest BCUT2D eigenvalue weighted by Gasteiger charge is -2.31. The molecular weight excluding hydrogens is 240 g/mol. The minimum absolute atomic E-state index is 0.343. The largest absolute Gasteiger partial charge is 0.384 e. The van der Waals surface area contributed by atoms with E-state index in [4.69, 9.17) is 0 Å². The summed E-state index contributed by atoms with van der Waals surface area (Å²) in [6, 6.07) is 8.40. The van der Waals surface area contributed by atoms with Gasteiger partial charge in [-0.15, -0.1) is 0 Å². The highest BCUT2D eigenvalue weighted by atomic mass is 79.9. The van der Waals surface area contributed by atoms with Crippen molar-refractivity contribution < 1.29 is 0 Å². The molecule has 14 heavy (non-hydrogen) atoms. The van der Waals surface area contributed by atoms with Crippen LogP contribution in [0.2, 0.25) is 0 Å². The highest BCUT2D eigenvalue weighted by Crippen LogP contribution is 2.39. The van der Waals surface area contributed by atoms with Gasteiger partial charge in [0.05, 0.1) is 17.2 Å². The highest BCUT2D eigenvalue weighted by molar-refractivity contribution is 9.10. The number of benzene rings is 1. The van der Waals surface area contributed by atoms with Gasteiger partial charge in [-0.05, 0) is 40.9 Å². The molecular formula is C11H11BrN2. The van der Waals surface area contributed by atoms with Crippen LogP contribution in [-0.4, -0.2) is 6.54 Å². The maximum Gasteiger partial charge on any atom is 0.0831 e. The summed E-state index contributed by atoms with van der Waals surface area (Å²) in [7, 11) is 0. The number of hydrogen-bond donors (Lipinski definition) is 1. The molecule has 0 saturated carbocycles. The molecule has 0 aliphatic carbocycles. The molecule has 0 saturated heterocycles. The van der Waals surface area contributed by atoms with Crippen LogP contribution in [0.3, 0.4) is 0 Å². The molecule has 0 spiro atoms. The first-order valence-electron chi connectivity index (χ1n) is 4.61. The van der Waals surface area contributed by atoms with Gasteiger partial charge in [0.15, 0.2) is 0 Å². The summed E-state index contributed by atoms with van der Waals surface area (Å²) in [6.45, 7) is 2.86. The first-order valence-corrected chi connectivity index (χ1v) is 5.41. The molecule has 1 N–H and O–H groups in total. The van der Waals surface area contributed by atoms with Crippen LogP contribution in [0.15, 0.2) is 22.7 Å². The first-order chi connectivity index (χ1) is 6.67. The monoisotopic (exact) mass is 250 g/mol. The number of nitriles is 1. The fraction of sp³-hybridized carbons (Fsp3) is 0.364. The maximum atomic E-state index is 9.19. The third-order valence-corrected chi connectivity index (χ3v) is 3.44. The van der Waals surface area contributed by atoms with Crippen molar-refractivity contribution >= 4 is 21.6 Å². The molecule has 1 aliphatic heterocycles. The standard InChI is InChI=1S/C11H11BrN2/c1-11(7-13)5-6-14-10-8(11)3-2-4-9(10)12/h2-4,14H,5-6H2,1H3. The van der Waals surface area contributed by atoms with Crippen molar-refractivity contribution in [3.63, 3.8) is 0 Å². The number of para-hydroxylation sites is 1. The van der Waals surface area contributed by atoms with Crippen LogP contribution in [0.25, 0.3) is 0 Å². The van der Waals surface area contributed by atoms with E-state index in [2.05, 4.69) is 27.3 Å². The van der Waals surface area contributed by atoms with Crippen molar-refractivity contribution in [1.29, 1.82) is 5.26 Å². The molecule has 0 aromatic heterocycles. The van der Waals surface area contributed by atoms with Gasteiger partial charge in [0.25, 0.3) is 0 Å². The van der Waals surface area contributed by atoms with E-state index in [1.54, 1.807) is 0 Å². The summed E-state index contributed by atoms with van der Waals surface area (Å²) in [6.07, 6.45) is 0.868. The molecule has 1 atom stereocenters. The van der Waals surface area contributed by atoms with Gasteiger partial charge in [-0.1, -0.05) is 12.1 Å². The summed E-state index contributed by atoms with van der Waals surface area (Å²) >= 11 is 3.49. The van der Waals surface area contributed by atoms with Gasteiger partial charge in [-0.3, -0.25) is 0 Å². The normalized spacial score (nSPS) is 24.6. The molecule has 1 unspecified atom stereocenters. The number of fused-ring (bicyclic) bond motifs is 1. The summed E-state index contributed by atoms with van der Waals surface area (Å²) in [5, 5.41) is 12.5. The van der Waals surface area contributed by atoms with E-state index in [9.17, 15) is 5.26 Å². The van der Waals surface area contributed by atoms with Crippen LogP contribution in [0.4, 0.5) is 5.69 Å². The van der Waals surface area contributed by atoms with Gasteiger partial charge in [0.1, 0.15) is 0 Å². The summed E-state index contributed by atoms with van der Waals surface area (Å²) < 4.78 is 1.04. The van der Waals surface area contributed by atoms with Gasteiger partial charge in [0, 0.05) is 11.0 Å². The molecule has 1 aliphatic rings. The second-order valence-electron chi connectivity index (χ2n) is 3.78. The van der Waals surface area contributed by atoms with E-state index >= 15 is 0 Å².